The molecule has 0 saturated carbocycles. The van der Waals surface area contributed by atoms with Crippen LogP contribution in [0.2, 0.25) is 0 Å². The molecule has 8 nitrogen and oxygen atoms in total. The molecule has 2 rings (SSSR count). The van der Waals surface area contributed by atoms with Gasteiger partial charge in [-0.25, -0.2) is 8.61 Å². The number of piperazine rings is 2. The molecule has 0 amide bonds. The molecule has 150 valence electrons. The maximum Gasteiger partial charge on any atom is 0.272 e. The molecule has 26 heavy (non-hydrogen) atoms. The van der Waals surface area contributed by atoms with Crippen LogP contribution in [-0.4, -0.2) is 116 Å². The van der Waals surface area contributed by atoms with Crippen molar-refractivity contribution in [3.05, 3.63) is 0 Å². The van der Waals surface area contributed by atoms with Crippen molar-refractivity contribution < 1.29 is 19.8 Å². The molecular formula is C14H26N4O4S4. The van der Waals surface area contributed by atoms with E-state index < -0.39 is 0 Å². The average molecular weight is 443 g/mol. The normalized spacial score (nSPS) is 21.2. The summed E-state index contributed by atoms with van der Waals surface area (Å²) >= 11 is 2.35. The number of β-amino-alcohol motifs (C(OH)–C–C–N with tert-alkyl or cyclic N) is 2. The largest absolute Gasteiger partial charge is 0.395 e. The molecule has 0 aliphatic carbocycles. The third kappa shape index (κ3) is 8.67. The van der Waals surface area contributed by atoms with Crippen LogP contribution < -0.4 is 0 Å². The highest BCUT2D eigenvalue weighted by atomic mass is 33.1. The van der Waals surface area contributed by atoms with Crippen molar-refractivity contribution in [1.29, 1.82) is 0 Å². The first-order valence-corrected chi connectivity index (χ1v) is 12.2. The third-order valence-corrected chi connectivity index (χ3v) is 8.72. The van der Waals surface area contributed by atoms with Crippen LogP contribution in [0.4, 0.5) is 9.59 Å². The van der Waals surface area contributed by atoms with Crippen LogP contribution in [0.1, 0.15) is 0 Å². The SMILES string of the molecule is O=C(SSC(=O)SN1CCN(CCO)CC1)SN1CCN(CCO)CC1. The van der Waals surface area contributed by atoms with Gasteiger partial charge in [0.05, 0.1) is 13.2 Å². The minimum atomic E-state index is -0.0766. The quantitative estimate of drug-likeness (QED) is 0.456. The van der Waals surface area contributed by atoms with Gasteiger partial charge < -0.3 is 10.2 Å². The molecule has 2 aliphatic rings. The predicted molar refractivity (Wildman–Crippen MR) is 111 cm³/mol. The van der Waals surface area contributed by atoms with Crippen molar-refractivity contribution in [1.82, 2.24) is 18.4 Å². The molecule has 2 aliphatic heterocycles. The Labute approximate surface area is 171 Å². The predicted octanol–water partition coefficient (Wildman–Crippen LogP) is 1.12. The first-order chi connectivity index (χ1) is 12.6. The summed E-state index contributed by atoms with van der Waals surface area (Å²) in [5.74, 6) is 0. The van der Waals surface area contributed by atoms with Gasteiger partial charge in [-0.2, -0.15) is 0 Å². The lowest BCUT2D eigenvalue weighted by Gasteiger charge is -2.33. The molecule has 0 aromatic heterocycles. The fourth-order valence-electron chi connectivity index (χ4n) is 2.68. The van der Waals surface area contributed by atoms with Crippen LogP contribution in [0.15, 0.2) is 0 Å². The standard InChI is InChI=1S/C14H26N4O4S4/c19-11-9-15-1-5-17(6-2-15)23-13(21)25-26-14(22)24-18-7-3-16(4-8-18)10-12-20/h19-20H,1-12H2. The number of hydrogen-bond acceptors (Lipinski definition) is 12. The fourth-order valence-corrected chi connectivity index (χ4v) is 6.37. The number of aliphatic hydroxyl groups excluding tert-OH is 2. The van der Waals surface area contributed by atoms with Crippen LogP contribution in [-0.2, 0) is 0 Å². The smallest absolute Gasteiger partial charge is 0.272 e. The zero-order valence-corrected chi connectivity index (χ0v) is 17.9. The summed E-state index contributed by atoms with van der Waals surface area (Å²) in [4.78, 5) is 28.4. The number of carbonyl (C=O) groups excluding carboxylic acids is 2. The minimum Gasteiger partial charge on any atom is -0.395 e. The molecule has 2 heterocycles. The second kappa shape index (κ2) is 12.9. The number of rotatable bonds is 6. The Morgan fingerprint density at radius 1 is 0.654 bits per heavy atom. The third-order valence-electron chi connectivity index (χ3n) is 4.08. The summed E-state index contributed by atoms with van der Waals surface area (Å²) in [6.45, 7) is 8.17. The Balaban J connectivity index is 1.55. The molecule has 0 atom stereocenters. The molecule has 0 bridgehead atoms. The van der Waals surface area contributed by atoms with Gasteiger partial charge in [0.15, 0.2) is 0 Å². The maximum absolute atomic E-state index is 12.0. The average Bonchev–Trinajstić information content (AvgIpc) is 2.64. The molecule has 2 saturated heterocycles. The number of carbonyl (C=O) groups is 2. The van der Waals surface area contributed by atoms with E-state index in [4.69, 9.17) is 10.2 Å². The molecule has 12 heteroatoms. The summed E-state index contributed by atoms with van der Waals surface area (Å²) in [6, 6.07) is 0. The van der Waals surface area contributed by atoms with Gasteiger partial charge in [-0.3, -0.25) is 19.4 Å². The summed E-state index contributed by atoms with van der Waals surface area (Å²) in [7, 11) is 1.98. The van der Waals surface area contributed by atoms with Crippen LogP contribution in [0, 0.1) is 0 Å². The van der Waals surface area contributed by atoms with Gasteiger partial charge in [-0.05, 0) is 0 Å². The van der Waals surface area contributed by atoms with E-state index in [0.717, 1.165) is 73.9 Å². The highest BCUT2D eigenvalue weighted by Crippen LogP contribution is 2.36. The summed E-state index contributed by atoms with van der Waals surface area (Å²) in [6.07, 6.45) is 0. The molecule has 0 spiro atoms. The van der Waals surface area contributed by atoms with E-state index in [9.17, 15) is 9.59 Å². The lowest BCUT2D eigenvalue weighted by molar-refractivity contribution is 0.156. The minimum absolute atomic E-state index is 0.0766. The second-order valence-corrected chi connectivity index (χ2v) is 10.6. The van der Waals surface area contributed by atoms with Crippen molar-refractivity contribution >= 4 is 54.4 Å². The van der Waals surface area contributed by atoms with Crippen molar-refractivity contribution in [2.45, 2.75) is 0 Å². The molecule has 0 radical (unpaired) electrons. The Morgan fingerprint density at radius 3 is 1.31 bits per heavy atom. The molecule has 2 fully saturated rings. The van der Waals surface area contributed by atoms with Gasteiger partial charge in [-0.15, -0.1) is 0 Å². The van der Waals surface area contributed by atoms with E-state index in [1.54, 1.807) is 0 Å². The van der Waals surface area contributed by atoms with E-state index in [1.165, 1.54) is 23.9 Å². The number of nitrogens with zero attached hydrogens (tertiary/aromatic N) is 4. The van der Waals surface area contributed by atoms with E-state index in [0.29, 0.717) is 13.1 Å². The van der Waals surface area contributed by atoms with Crippen molar-refractivity contribution in [2.75, 3.05) is 78.7 Å². The Hall–Kier alpha value is 0.500. The second-order valence-electron chi connectivity index (χ2n) is 5.84. The Bertz CT molecular complexity index is 407. The highest BCUT2D eigenvalue weighted by Gasteiger charge is 2.23. The highest BCUT2D eigenvalue weighted by molar-refractivity contribution is 8.93. The van der Waals surface area contributed by atoms with Crippen molar-refractivity contribution in [3.8, 4) is 0 Å². The van der Waals surface area contributed by atoms with Gasteiger partial charge in [0.25, 0.3) is 8.89 Å². The lowest BCUT2D eigenvalue weighted by atomic mass is 10.4. The first kappa shape index (κ1) is 22.8. The van der Waals surface area contributed by atoms with E-state index in [1.807, 2.05) is 8.61 Å². The van der Waals surface area contributed by atoms with Gasteiger partial charge in [0.1, 0.15) is 0 Å². The zero-order chi connectivity index (χ0) is 18.8. The van der Waals surface area contributed by atoms with Crippen molar-refractivity contribution in [2.24, 2.45) is 0 Å². The van der Waals surface area contributed by atoms with Gasteiger partial charge in [0, 0.05) is 111 Å². The van der Waals surface area contributed by atoms with Crippen LogP contribution in [0.3, 0.4) is 0 Å². The molecule has 0 unspecified atom stereocenters. The van der Waals surface area contributed by atoms with Crippen molar-refractivity contribution in [3.63, 3.8) is 0 Å². The zero-order valence-electron chi connectivity index (χ0n) is 14.6. The molecule has 2 N–H and O–H groups in total. The fraction of sp³-hybridized carbons (Fsp3) is 0.857. The van der Waals surface area contributed by atoms with Crippen LogP contribution in [0.25, 0.3) is 0 Å². The van der Waals surface area contributed by atoms with E-state index >= 15 is 0 Å². The Kier molecular flexibility index (Phi) is 11.3. The van der Waals surface area contributed by atoms with Crippen LogP contribution in [0.5, 0.6) is 0 Å². The summed E-state index contributed by atoms with van der Waals surface area (Å²) in [5, 5.41) is 17.9. The lowest BCUT2D eigenvalue weighted by Crippen LogP contribution is -2.44. The van der Waals surface area contributed by atoms with E-state index in [-0.39, 0.29) is 22.1 Å². The number of hydrogen-bond donors (Lipinski definition) is 2. The first-order valence-electron chi connectivity index (χ1n) is 8.55. The topological polar surface area (TPSA) is 87.6 Å². The van der Waals surface area contributed by atoms with E-state index in [2.05, 4.69) is 9.80 Å². The van der Waals surface area contributed by atoms with Gasteiger partial charge in [-0.1, -0.05) is 0 Å². The molecule has 0 aromatic rings. The number of aliphatic hydroxyl groups is 2. The monoisotopic (exact) mass is 442 g/mol. The molecule has 0 aromatic carbocycles. The summed E-state index contributed by atoms with van der Waals surface area (Å²) < 4.78 is 3.88. The van der Waals surface area contributed by atoms with Gasteiger partial charge in [0.2, 0.25) is 0 Å². The summed E-state index contributed by atoms with van der Waals surface area (Å²) in [5.41, 5.74) is 0. The van der Waals surface area contributed by atoms with Crippen LogP contribution >= 0.6 is 45.5 Å². The molecular weight excluding hydrogens is 416 g/mol. The Morgan fingerprint density at radius 2 is 1.00 bits per heavy atom. The van der Waals surface area contributed by atoms with Gasteiger partial charge >= 0.3 is 0 Å². The maximum atomic E-state index is 12.0.